The Bertz CT molecular complexity index is 1310. The van der Waals surface area contributed by atoms with Crippen LogP contribution >= 0.6 is 0 Å². The third kappa shape index (κ3) is 8.06. The summed E-state index contributed by atoms with van der Waals surface area (Å²) in [6.45, 7) is 6.04. The lowest BCUT2D eigenvalue weighted by atomic mass is 9.84. The first-order valence-corrected chi connectivity index (χ1v) is 15.2. The molecule has 0 bridgehead atoms. The summed E-state index contributed by atoms with van der Waals surface area (Å²) >= 11 is 0. The SMILES string of the molecule is CCCCN(C(=O)CN1CC(c2ccc3c(c2)OCO3)C(C(=O)O)C1CCN(C)C(C)=O)c1cccc(C[N+](C)(C)C)c1. The van der Waals surface area contributed by atoms with E-state index in [1.807, 2.05) is 40.1 Å². The minimum Gasteiger partial charge on any atom is -0.481 e. The number of amides is 2. The summed E-state index contributed by atoms with van der Waals surface area (Å²) in [5, 5.41) is 10.5. The number of benzene rings is 2. The number of hydrogen-bond donors (Lipinski definition) is 1. The fourth-order valence-corrected chi connectivity index (χ4v) is 6.16. The van der Waals surface area contributed by atoms with Gasteiger partial charge >= 0.3 is 5.97 Å². The smallest absolute Gasteiger partial charge is 0.308 e. The van der Waals surface area contributed by atoms with E-state index in [1.54, 1.807) is 11.9 Å². The minimum atomic E-state index is -0.913. The Labute approximate surface area is 255 Å². The molecule has 10 nitrogen and oxygen atoms in total. The molecule has 234 valence electrons. The van der Waals surface area contributed by atoms with Gasteiger partial charge in [-0.1, -0.05) is 31.5 Å². The third-order valence-electron chi connectivity index (χ3n) is 8.41. The number of fused-ring (bicyclic) bond motifs is 1. The first-order valence-electron chi connectivity index (χ1n) is 15.2. The Morgan fingerprint density at radius 2 is 1.79 bits per heavy atom. The lowest BCUT2D eigenvalue weighted by Crippen LogP contribution is -2.45. The van der Waals surface area contributed by atoms with Crippen LogP contribution in [-0.2, 0) is 20.9 Å². The Morgan fingerprint density at radius 1 is 1.05 bits per heavy atom. The molecular weight excluding hydrogens is 548 g/mol. The summed E-state index contributed by atoms with van der Waals surface area (Å²) < 4.78 is 11.8. The van der Waals surface area contributed by atoms with Gasteiger partial charge in [-0.2, -0.15) is 0 Å². The maximum Gasteiger partial charge on any atom is 0.308 e. The molecule has 2 heterocycles. The van der Waals surface area contributed by atoms with Crippen molar-refractivity contribution in [2.75, 3.05) is 66.1 Å². The highest BCUT2D eigenvalue weighted by molar-refractivity contribution is 5.95. The molecule has 2 aromatic carbocycles. The van der Waals surface area contributed by atoms with Gasteiger partial charge in [0.1, 0.15) is 6.54 Å². The van der Waals surface area contributed by atoms with Crippen LogP contribution < -0.4 is 14.4 Å². The predicted molar refractivity (Wildman–Crippen MR) is 165 cm³/mol. The molecule has 10 heteroatoms. The summed E-state index contributed by atoms with van der Waals surface area (Å²) in [7, 11) is 8.13. The van der Waals surface area contributed by atoms with Gasteiger partial charge in [-0.25, -0.2) is 0 Å². The highest BCUT2D eigenvalue weighted by Gasteiger charge is 2.47. The molecule has 0 aliphatic carbocycles. The van der Waals surface area contributed by atoms with Gasteiger partial charge in [0.25, 0.3) is 0 Å². The number of likely N-dealkylation sites (tertiary alicyclic amines) is 1. The van der Waals surface area contributed by atoms with Crippen molar-refractivity contribution in [2.45, 2.75) is 51.6 Å². The van der Waals surface area contributed by atoms with Crippen LogP contribution in [0.15, 0.2) is 42.5 Å². The molecule has 1 fully saturated rings. The Kier molecular flexibility index (Phi) is 10.3. The number of hydrogen-bond acceptors (Lipinski definition) is 6. The fourth-order valence-electron chi connectivity index (χ4n) is 6.16. The third-order valence-corrected chi connectivity index (χ3v) is 8.41. The lowest BCUT2D eigenvalue weighted by Gasteiger charge is -2.31. The number of carbonyl (C=O) groups excluding carboxylic acids is 2. The first kappa shape index (κ1) is 32.3. The lowest BCUT2D eigenvalue weighted by molar-refractivity contribution is -0.884. The molecule has 3 unspecified atom stereocenters. The summed E-state index contributed by atoms with van der Waals surface area (Å²) in [6.07, 6.45) is 2.24. The van der Waals surface area contributed by atoms with E-state index in [4.69, 9.17) is 9.47 Å². The molecule has 43 heavy (non-hydrogen) atoms. The van der Waals surface area contributed by atoms with Crippen LogP contribution in [0, 0.1) is 5.92 Å². The van der Waals surface area contributed by atoms with Gasteiger partial charge in [-0.3, -0.25) is 19.3 Å². The summed E-state index contributed by atoms with van der Waals surface area (Å²) in [4.78, 5) is 44.4. The van der Waals surface area contributed by atoms with E-state index in [9.17, 15) is 19.5 Å². The van der Waals surface area contributed by atoms with Crippen molar-refractivity contribution in [3.8, 4) is 11.5 Å². The zero-order chi connectivity index (χ0) is 31.3. The second-order valence-corrected chi connectivity index (χ2v) is 12.8. The molecule has 0 radical (unpaired) electrons. The van der Waals surface area contributed by atoms with Gasteiger partial charge in [0, 0.05) is 56.8 Å². The van der Waals surface area contributed by atoms with Gasteiger partial charge in [-0.05, 0) is 42.7 Å². The van der Waals surface area contributed by atoms with Crippen molar-refractivity contribution in [3.63, 3.8) is 0 Å². The number of carboxylic acids is 1. The van der Waals surface area contributed by atoms with Crippen LogP contribution in [0.3, 0.4) is 0 Å². The zero-order valence-electron chi connectivity index (χ0n) is 26.4. The van der Waals surface area contributed by atoms with Gasteiger partial charge < -0.3 is 28.9 Å². The van der Waals surface area contributed by atoms with Crippen LogP contribution in [0.25, 0.3) is 0 Å². The molecule has 0 aromatic heterocycles. The van der Waals surface area contributed by atoms with Gasteiger partial charge in [-0.15, -0.1) is 0 Å². The zero-order valence-corrected chi connectivity index (χ0v) is 26.4. The van der Waals surface area contributed by atoms with E-state index >= 15 is 0 Å². The van der Waals surface area contributed by atoms with Gasteiger partial charge in [0.05, 0.1) is 33.6 Å². The van der Waals surface area contributed by atoms with Crippen LogP contribution in [0.1, 0.15) is 50.2 Å². The van der Waals surface area contributed by atoms with Crippen LogP contribution in [0.2, 0.25) is 0 Å². The standard InChI is InChI=1S/C33H46N4O6/c1-7-8-15-36(26-11-9-10-24(17-26)21-37(4,5)6)31(39)20-35-19-27(25-12-13-29-30(18-25)43-22-42-29)32(33(40)41)28(35)14-16-34(3)23(2)38/h9-13,17-18,27-28,32H,7-8,14-16,19-22H2,1-6H3/p+1. The average Bonchev–Trinajstić information content (AvgIpc) is 3.55. The first-order chi connectivity index (χ1) is 20.4. The molecule has 4 rings (SSSR count). The van der Waals surface area contributed by atoms with Crippen LogP contribution in [0.4, 0.5) is 5.69 Å². The number of quaternary nitrogens is 1. The maximum absolute atomic E-state index is 14.1. The van der Waals surface area contributed by atoms with E-state index < -0.39 is 17.9 Å². The largest absolute Gasteiger partial charge is 0.481 e. The number of ether oxygens (including phenoxy) is 2. The second-order valence-electron chi connectivity index (χ2n) is 12.8. The van der Waals surface area contributed by atoms with E-state index in [2.05, 4.69) is 40.2 Å². The fraction of sp³-hybridized carbons (Fsp3) is 0.545. The second kappa shape index (κ2) is 13.8. The Morgan fingerprint density at radius 3 is 2.47 bits per heavy atom. The maximum atomic E-state index is 14.1. The Balaban J connectivity index is 1.64. The number of carbonyl (C=O) groups is 3. The minimum absolute atomic E-state index is 0.0590. The summed E-state index contributed by atoms with van der Waals surface area (Å²) in [5.74, 6) is -0.933. The van der Waals surface area contributed by atoms with Crippen LogP contribution in [0.5, 0.6) is 11.5 Å². The highest BCUT2D eigenvalue weighted by atomic mass is 16.7. The number of anilines is 1. The summed E-state index contributed by atoms with van der Waals surface area (Å²) in [6, 6.07) is 13.3. The highest BCUT2D eigenvalue weighted by Crippen LogP contribution is 2.42. The van der Waals surface area contributed by atoms with Crippen molar-refractivity contribution in [3.05, 3.63) is 53.6 Å². The number of nitrogens with zero attached hydrogens (tertiary/aromatic N) is 4. The summed E-state index contributed by atoms with van der Waals surface area (Å²) in [5.41, 5.74) is 2.85. The molecule has 1 N–H and O–H groups in total. The molecule has 3 atom stereocenters. The molecule has 2 aliphatic rings. The normalized spacial score (nSPS) is 19.8. The number of rotatable bonds is 13. The Hall–Kier alpha value is -3.63. The molecule has 2 aromatic rings. The number of aliphatic carboxylic acids is 1. The molecule has 1 saturated heterocycles. The molecule has 2 amide bonds. The van der Waals surface area contributed by atoms with Crippen LogP contribution in [-0.4, -0.2) is 104 Å². The van der Waals surface area contributed by atoms with Crippen molar-refractivity contribution >= 4 is 23.5 Å². The van der Waals surface area contributed by atoms with Gasteiger partial charge in [0.2, 0.25) is 18.6 Å². The van der Waals surface area contributed by atoms with E-state index in [-0.39, 0.29) is 31.1 Å². The topological polar surface area (TPSA) is 99.6 Å². The number of unbranched alkanes of at least 4 members (excludes halogenated alkanes) is 1. The molecule has 0 saturated carbocycles. The average molecular weight is 596 g/mol. The predicted octanol–water partition coefficient (Wildman–Crippen LogP) is 3.79. The van der Waals surface area contributed by atoms with E-state index in [0.717, 1.165) is 40.7 Å². The van der Waals surface area contributed by atoms with Crippen molar-refractivity contribution in [1.82, 2.24) is 9.80 Å². The van der Waals surface area contributed by atoms with Crippen molar-refractivity contribution in [2.24, 2.45) is 5.92 Å². The quantitative estimate of drug-likeness (QED) is 0.352. The van der Waals surface area contributed by atoms with E-state index in [0.29, 0.717) is 37.6 Å². The van der Waals surface area contributed by atoms with E-state index in [1.165, 1.54) is 6.92 Å². The van der Waals surface area contributed by atoms with Crippen molar-refractivity contribution < 1.29 is 33.4 Å². The molecular formula is C33H47N4O6+. The van der Waals surface area contributed by atoms with Crippen molar-refractivity contribution in [1.29, 1.82) is 0 Å². The monoisotopic (exact) mass is 595 g/mol. The van der Waals surface area contributed by atoms with Gasteiger partial charge in [0.15, 0.2) is 11.5 Å². The molecule has 2 aliphatic heterocycles. The molecule has 0 spiro atoms. The number of carboxylic acid groups (broad SMARTS) is 1.